The number of hydrogen-bond acceptors (Lipinski definition) is 7. The molecule has 8 nitrogen and oxygen atoms in total. The lowest BCUT2D eigenvalue weighted by Crippen LogP contribution is -2.52. The molecule has 0 aliphatic carbocycles. The molecule has 4 rings (SSSR count). The van der Waals surface area contributed by atoms with E-state index in [4.69, 9.17) is 14.2 Å². The zero-order valence-corrected chi connectivity index (χ0v) is 20.9. The van der Waals surface area contributed by atoms with E-state index in [0.29, 0.717) is 70.4 Å². The molecule has 2 fully saturated rings. The number of hydrogen-bond donors (Lipinski definition) is 1. The Morgan fingerprint density at radius 2 is 1.65 bits per heavy atom. The molecule has 1 amide bonds. The molecule has 1 N–H and O–H groups in total. The molecule has 10 heteroatoms. The molecule has 0 spiro atoms. The minimum atomic E-state index is -0.734. The molecule has 202 valence electrons. The van der Waals surface area contributed by atoms with Crippen LogP contribution in [0.2, 0.25) is 0 Å². The van der Waals surface area contributed by atoms with Crippen molar-refractivity contribution in [2.45, 2.75) is 12.2 Å². The van der Waals surface area contributed by atoms with Gasteiger partial charge in [-0.1, -0.05) is 0 Å². The quantitative estimate of drug-likeness (QED) is 0.486. The number of rotatable bonds is 11. The van der Waals surface area contributed by atoms with Gasteiger partial charge in [-0.3, -0.25) is 14.6 Å². The van der Waals surface area contributed by atoms with Gasteiger partial charge in [0.2, 0.25) is 0 Å². The Balaban J connectivity index is 1.31. The summed E-state index contributed by atoms with van der Waals surface area (Å²) in [5, 5.41) is 10.5. The van der Waals surface area contributed by atoms with Gasteiger partial charge in [0, 0.05) is 57.9 Å². The largest absolute Gasteiger partial charge is 0.491 e. The molecule has 2 saturated heterocycles. The van der Waals surface area contributed by atoms with Crippen molar-refractivity contribution >= 4 is 5.91 Å². The van der Waals surface area contributed by atoms with Gasteiger partial charge in [0.05, 0.1) is 25.9 Å². The van der Waals surface area contributed by atoms with Crippen molar-refractivity contribution in [3.8, 4) is 5.75 Å². The highest BCUT2D eigenvalue weighted by atomic mass is 19.1. The molecule has 2 aromatic carbocycles. The molecular weight excluding hydrogens is 484 g/mol. The van der Waals surface area contributed by atoms with E-state index in [0.717, 1.165) is 13.1 Å². The van der Waals surface area contributed by atoms with Crippen molar-refractivity contribution in [3.63, 3.8) is 0 Å². The zero-order valence-electron chi connectivity index (χ0n) is 20.9. The van der Waals surface area contributed by atoms with E-state index < -0.39 is 6.10 Å². The maximum absolute atomic E-state index is 13.4. The molecule has 2 atom stereocenters. The number of halogens is 2. The smallest absolute Gasteiger partial charge is 0.253 e. The standard InChI is InChI=1S/C27H35F2N3O5/c28-22-3-1-21(2-4-22)27(34)32(10-9-30-11-14-35-15-12-30)19-26-18-31(13-16-36-26)17-24(33)20-37-25-7-5-23(29)6-8-25/h1-8,24,26,33H,9-20H2. The predicted octanol–water partition coefficient (Wildman–Crippen LogP) is 1.88. The molecule has 0 radical (unpaired) electrons. The Labute approximate surface area is 216 Å². The van der Waals surface area contributed by atoms with Crippen molar-refractivity contribution in [2.75, 3.05) is 78.8 Å². The molecule has 2 unspecified atom stereocenters. The van der Waals surface area contributed by atoms with Crippen LogP contribution < -0.4 is 4.74 Å². The second kappa shape index (κ2) is 13.8. The third-order valence-electron chi connectivity index (χ3n) is 6.54. The third kappa shape index (κ3) is 8.72. The normalized spacial score (nSPS) is 19.9. The molecule has 37 heavy (non-hydrogen) atoms. The molecule has 2 heterocycles. The fourth-order valence-corrected chi connectivity index (χ4v) is 4.51. The van der Waals surface area contributed by atoms with Crippen LogP contribution in [0.25, 0.3) is 0 Å². The maximum Gasteiger partial charge on any atom is 0.253 e. The number of aliphatic hydroxyl groups excluding tert-OH is 1. The van der Waals surface area contributed by atoms with Gasteiger partial charge in [-0.25, -0.2) is 8.78 Å². The van der Waals surface area contributed by atoms with Crippen LogP contribution in [0, 0.1) is 11.6 Å². The third-order valence-corrected chi connectivity index (χ3v) is 6.54. The molecule has 0 bridgehead atoms. The number of β-amino-alcohol motifs (C(OH)–C–C–N with tert-alkyl or cyclic N) is 1. The number of aliphatic hydroxyl groups is 1. The highest BCUT2D eigenvalue weighted by Crippen LogP contribution is 2.14. The van der Waals surface area contributed by atoms with Gasteiger partial charge in [0.1, 0.15) is 30.1 Å². The van der Waals surface area contributed by atoms with Crippen LogP contribution in [0.3, 0.4) is 0 Å². The first-order chi connectivity index (χ1) is 18.0. The van der Waals surface area contributed by atoms with Crippen molar-refractivity contribution in [2.24, 2.45) is 0 Å². The average Bonchev–Trinajstić information content (AvgIpc) is 2.91. The van der Waals surface area contributed by atoms with Gasteiger partial charge in [-0.15, -0.1) is 0 Å². The molecular formula is C27H35F2N3O5. The molecule has 2 aromatic rings. The molecule has 2 aliphatic heterocycles. The van der Waals surface area contributed by atoms with Crippen molar-refractivity contribution < 1.29 is 32.9 Å². The summed E-state index contributed by atoms with van der Waals surface area (Å²) >= 11 is 0. The van der Waals surface area contributed by atoms with Crippen LogP contribution in [0.1, 0.15) is 10.4 Å². The topological polar surface area (TPSA) is 74.7 Å². The molecule has 2 aliphatic rings. The first kappa shape index (κ1) is 27.4. The lowest BCUT2D eigenvalue weighted by molar-refractivity contribution is -0.0545. The van der Waals surface area contributed by atoms with Crippen molar-refractivity contribution in [1.29, 1.82) is 0 Å². The summed E-state index contributed by atoms with van der Waals surface area (Å²) < 4.78 is 43.4. The first-order valence-corrected chi connectivity index (χ1v) is 12.7. The second-order valence-corrected chi connectivity index (χ2v) is 9.38. The van der Waals surface area contributed by atoms with Crippen LogP contribution >= 0.6 is 0 Å². The highest BCUT2D eigenvalue weighted by Gasteiger charge is 2.27. The summed E-state index contributed by atoms with van der Waals surface area (Å²) in [4.78, 5) is 19.4. The lowest BCUT2D eigenvalue weighted by atomic mass is 10.1. The lowest BCUT2D eigenvalue weighted by Gasteiger charge is -2.37. The van der Waals surface area contributed by atoms with E-state index in [1.807, 2.05) is 0 Å². The number of benzene rings is 2. The zero-order chi connectivity index (χ0) is 26.0. The fraction of sp³-hybridized carbons (Fsp3) is 0.519. The maximum atomic E-state index is 13.4. The summed E-state index contributed by atoms with van der Waals surface area (Å²) in [5.41, 5.74) is 0.435. The first-order valence-electron chi connectivity index (χ1n) is 12.7. The van der Waals surface area contributed by atoms with E-state index in [1.54, 1.807) is 4.90 Å². The predicted molar refractivity (Wildman–Crippen MR) is 134 cm³/mol. The van der Waals surface area contributed by atoms with Crippen LogP contribution in [-0.4, -0.2) is 117 Å². The van der Waals surface area contributed by atoms with Crippen molar-refractivity contribution in [1.82, 2.24) is 14.7 Å². The summed E-state index contributed by atoms with van der Waals surface area (Å²) in [5.74, 6) is -0.397. The van der Waals surface area contributed by atoms with Gasteiger partial charge in [0.15, 0.2) is 0 Å². The SMILES string of the molecule is O=C(c1ccc(F)cc1)N(CCN1CCOCC1)CC1CN(CC(O)COc2ccc(F)cc2)CCO1. The Kier molecular flexibility index (Phi) is 10.2. The number of nitrogens with zero attached hydrogens (tertiary/aromatic N) is 3. The Morgan fingerprint density at radius 1 is 1.00 bits per heavy atom. The Bertz CT molecular complexity index is 973. The van der Waals surface area contributed by atoms with Gasteiger partial charge in [-0.05, 0) is 48.5 Å². The van der Waals surface area contributed by atoms with Crippen LogP contribution in [0.5, 0.6) is 5.75 Å². The highest BCUT2D eigenvalue weighted by molar-refractivity contribution is 5.94. The van der Waals surface area contributed by atoms with Gasteiger partial charge in [0.25, 0.3) is 5.91 Å². The van der Waals surface area contributed by atoms with Crippen LogP contribution in [0.15, 0.2) is 48.5 Å². The number of carbonyl (C=O) groups excluding carboxylic acids is 1. The number of morpholine rings is 2. The minimum absolute atomic E-state index is 0.0857. The van der Waals surface area contributed by atoms with E-state index >= 15 is 0 Å². The number of carbonyl (C=O) groups is 1. The summed E-state index contributed by atoms with van der Waals surface area (Å²) in [6.07, 6.45) is -0.963. The number of amides is 1. The van der Waals surface area contributed by atoms with Gasteiger partial charge < -0.3 is 24.2 Å². The summed E-state index contributed by atoms with van der Waals surface area (Å²) in [6.45, 7) is 6.80. The average molecular weight is 520 g/mol. The van der Waals surface area contributed by atoms with Gasteiger partial charge in [-0.2, -0.15) is 0 Å². The summed E-state index contributed by atoms with van der Waals surface area (Å²) in [7, 11) is 0. The van der Waals surface area contributed by atoms with E-state index in [1.165, 1.54) is 48.5 Å². The Morgan fingerprint density at radius 3 is 2.35 bits per heavy atom. The van der Waals surface area contributed by atoms with Crippen LogP contribution in [0.4, 0.5) is 8.78 Å². The monoisotopic (exact) mass is 519 g/mol. The van der Waals surface area contributed by atoms with Crippen LogP contribution in [-0.2, 0) is 9.47 Å². The van der Waals surface area contributed by atoms with E-state index in [-0.39, 0.29) is 30.3 Å². The van der Waals surface area contributed by atoms with E-state index in [9.17, 15) is 18.7 Å². The second-order valence-electron chi connectivity index (χ2n) is 9.38. The summed E-state index contributed by atoms with van der Waals surface area (Å²) in [6, 6.07) is 11.3. The minimum Gasteiger partial charge on any atom is -0.491 e. The van der Waals surface area contributed by atoms with Crippen molar-refractivity contribution in [3.05, 3.63) is 65.7 Å². The number of ether oxygens (including phenoxy) is 3. The van der Waals surface area contributed by atoms with E-state index in [2.05, 4.69) is 9.80 Å². The van der Waals surface area contributed by atoms with Gasteiger partial charge >= 0.3 is 0 Å². The fourth-order valence-electron chi connectivity index (χ4n) is 4.51. The molecule has 0 aromatic heterocycles. The molecule has 0 saturated carbocycles. The Hall–Kier alpha value is -2.63.